The minimum Gasteiger partial charge on any atom is -0.469 e. The summed E-state index contributed by atoms with van der Waals surface area (Å²) in [5.41, 5.74) is 0.942. The lowest BCUT2D eigenvalue weighted by molar-refractivity contribution is -0.140. The van der Waals surface area contributed by atoms with Crippen LogP contribution in [0.25, 0.3) is 0 Å². The van der Waals surface area contributed by atoms with Gasteiger partial charge in [-0.2, -0.15) is 0 Å². The molecule has 2 aromatic rings. The Morgan fingerprint density at radius 1 is 0.977 bits per heavy atom. The third-order valence-electron chi connectivity index (χ3n) is 8.83. The van der Waals surface area contributed by atoms with E-state index in [1.165, 1.54) is 17.5 Å². The zero-order chi connectivity index (χ0) is 32.2. The molecule has 0 unspecified atom stereocenters. The SMILES string of the molecule is C=C1C[C@@H](O[Si](c2ccccc2)(c2ccccc2)C(C)(C)C)[C@H](CC=CCCCC(=O)OC)[C@@H]1C=CC(F)(F)CCCCC. The van der Waals surface area contributed by atoms with Gasteiger partial charge in [-0.3, -0.25) is 4.79 Å². The van der Waals surface area contributed by atoms with Crippen LogP contribution in [0.15, 0.2) is 97.1 Å². The van der Waals surface area contributed by atoms with Crippen LogP contribution in [-0.4, -0.2) is 33.4 Å². The van der Waals surface area contributed by atoms with E-state index in [1.807, 2.05) is 19.1 Å². The molecule has 1 aliphatic carbocycles. The summed E-state index contributed by atoms with van der Waals surface area (Å²) >= 11 is 0. The van der Waals surface area contributed by atoms with E-state index >= 15 is 0 Å². The molecule has 0 aromatic heterocycles. The molecule has 0 heterocycles. The van der Waals surface area contributed by atoms with Gasteiger partial charge in [0.1, 0.15) is 0 Å². The van der Waals surface area contributed by atoms with Gasteiger partial charge < -0.3 is 9.16 Å². The number of unbranched alkanes of at least 4 members (excludes halogenated alkanes) is 3. The molecule has 0 radical (unpaired) electrons. The molecule has 6 heteroatoms. The molecule has 0 aliphatic heterocycles. The summed E-state index contributed by atoms with van der Waals surface area (Å²) in [6.45, 7) is 13.2. The van der Waals surface area contributed by atoms with Crippen LogP contribution in [0.3, 0.4) is 0 Å². The summed E-state index contributed by atoms with van der Waals surface area (Å²) in [4.78, 5) is 11.5. The van der Waals surface area contributed by atoms with Crippen LogP contribution >= 0.6 is 0 Å². The van der Waals surface area contributed by atoms with Gasteiger partial charge in [0.15, 0.2) is 0 Å². The Hall–Kier alpha value is -2.83. The molecule has 0 N–H and O–H groups in total. The van der Waals surface area contributed by atoms with Gasteiger partial charge in [-0.1, -0.05) is 132 Å². The molecule has 3 atom stereocenters. The van der Waals surface area contributed by atoms with Crippen molar-refractivity contribution in [3.63, 3.8) is 0 Å². The first kappa shape index (κ1) is 35.6. The number of methoxy groups -OCH3 is 1. The summed E-state index contributed by atoms with van der Waals surface area (Å²) in [5.74, 6) is -3.31. The predicted molar refractivity (Wildman–Crippen MR) is 181 cm³/mol. The molecule has 240 valence electrons. The van der Waals surface area contributed by atoms with Gasteiger partial charge in [-0.15, -0.1) is 0 Å². The van der Waals surface area contributed by atoms with Crippen LogP contribution in [-0.2, 0) is 14.0 Å². The molecule has 3 nitrogen and oxygen atoms in total. The second-order valence-corrected chi connectivity index (χ2v) is 17.4. The van der Waals surface area contributed by atoms with Crippen LogP contribution < -0.4 is 10.4 Å². The number of hydrogen-bond donors (Lipinski definition) is 0. The van der Waals surface area contributed by atoms with E-state index in [9.17, 15) is 13.6 Å². The number of alkyl halides is 2. The molecule has 0 spiro atoms. The summed E-state index contributed by atoms with van der Waals surface area (Å²) in [5, 5.41) is 2.19. The molecule has 1 aliphatic rings. The average molecular weight is 623 g/mol. The summed E-state index contributed by atoms with van der Waals surface area (Å²) in [6.07, 6.45) is 12.1. The lowest BCUT2D eigenvalue weighted by atomic mass is 9.89. The van der Waals surface area contributed by atoms with Crippen LogP contribution in [0, 0.1) is 11.8 Å². The molecule has 0 bridgehead atoms. The van der Waals surface area contributed by atoms with Crippen molar-refractivity contribution in [1.82, 2.24) is 0 Å². The third kappa shape index (κ3) is 9.34. The minimum absolute atomic E-state index is 0.0382. The zero-order valence-electron chi connectivity index (χ0n) is 27.4. The van der Waals surface area contributed by atoms with Crippen molar-refractivity contribution in [1.29, 1.82) is 0 Å². The highest BCUT2D eigenvalue weighted by Crippen LogP contribution is 2.46. The maximum atomic E-state index is 14.9. The molecule has 3 rings (SSSR count). The Kier molecular flexibility index (Phi) is 13.3. The Labute approximate surface area is 265 Å². The minimum atomic E-state index is -2.86. The first-order valence-corrected chi connectivity index (χ1v) is 18.1. The van der Waals surface area contributed by atoms with Gasteiger partial charge >= 0.3 is 5.97 Å². The van der Waals surface area contributed by atoms with Crippen LogP contribution in [0.2, 0.25) is 5.04 Å². The number of halogens is 2. The first-order chi connectivity index (χ1) is 20.9. The lowest BCUT2D eigenvalue weighted by Gasteiger charge is -2.45. The maximum absolute atomic E-state index is 14.9. The Balaban J connectivity index is 1.99. The zero-order valence-corrected chi connectivity index (χ0v) is 28.4. The second kappa shape index (κ2) is 16.5. The highest BCUT2D eigenvalue weighted by Gasteiger charge is 2.53. The second-order valence-electron chi connectivity index (χ2n) is 13.1. The molecule has 0 saturated heterocycles. The van der Waals surface area contributed by atoms with Gasteiger partial charge in [0.25, 0.3) is 14.2 Å². The number of allylic oxidation sites excluding steroid dienone is 4. The monoisotopic (exact) mass is 622 g/mol. The Morgan fingerprint density at radius 3 is 2.14 bits per heavy atom. The molecule has 2 aromatic carbocycles. The fourth-order valence-corrected chi connectivity index (χ4v) is 11.2. The Bertz CT molecular complexity index is 1190. The summed E-state index contributed by atoms with van der Waals surface area (Å²) in [6, 6.07) is 21.1. The average Bonchev–Trinajstić information content (AvgIpc) is 3.29. The standard InChI is InChI=1S/C38H52F2O3Si/c1-7-8-19-27-38(39,40)28-26-33-30(2)29-35(34(33)24-17-9-10-18-25-36(41)42-6)43-44(37(3,4)5,31-20-13-11-14-21-31)32-22-15-12-16-23-32/h9,11-17,20-23,26,28,33-35H,2,7-8,10,18-19,24-25,27,29H2,1,3-6H3/t33-,34-,35-/m1/s1. The molecule has 44 heavy (non-hydrogen) atoms. The topological polar surface area (TPSA) is 35.5 Å². The summed E-state index contributed by atoms with van der Waals surface area (Å²) in [7, 11) is -1.46. The van der Waals surface area contributed by atoms with Crippen molar-refractivity contribution in [2.24, 2.45) is 11.8 Å². The number of esters is 1. The van der Waals surface area contributed by atoms with Crippen molar-refractivity contribution >= 4 is 24.7 Å². The van der Waals surface area contributed by atoms with E-state index in [4.69, 9.17) is 9.16 Å². The number of carbonyl (C=O) groups is 1. The fourth-order valence-electron chi connectivity index (χ4n) is 6.48. The van der Waals surface area contributed by atoms with E-state index in [0.29, 0.717) is 32.1 Å². The quantitative estimate of drug-likeness (QED) is 0.0811. The van der Waals surface area contributed by atoms with Crippen LogP contribution in [0.1, 0.15) is 85.5 Å². The highest BCUT2D eigenvalue weighted by molar-refractivity contribution is 6.99. The number of carbonyl (C=O) groups excluding carboxylic acids is 1. The van der Waals surface area contributed by atoms with E-state index in [0.717, 1.165) is 30.9 Å². The normalized spacial score (nSPS) is 19.7. The highest BCUT2D eigenvalue weighted by atomic mass is 28.4. The van der Waals surface area contributed by atoms with Crippen molar-refractivity contribution < 1.29 is 22.7 Å². The van der Waals surface area contributed by atoms with Crippen LogP contribution in [0.4, 0.5) is 8.78 Å². The van der Waals surface area contributed by atoms with Gasteiger partial charge in [-0.25, -0.2) is 8.78 Å². The van der Waals surface area contributed by atoms with Gasteiger partial charge in [0, 0.05) is 18.8 Å². The van der Waals surface area contributed by atoms with Gasteiger partial charge in [-0.05, 0) is 59.5 Å². The molecule has 1 fully saturated rings. The molecular weight excluding hydrogens is 570 g/mol. The van der Waals surface area contributed by atoms with E-state index in [-0.39, 0.29) is 35.4 Å². The molecule has 1 saturated carbocycles. The number of ether oxygens (including phenoxy) is 1. The molecular formula is C38H52F2O3Si. The fraction of sp³-hybridized carbons (Fsp3) is 0.500. The summed E-state index contributed by atoms with van der Waals surface area (Å²) < 4.78 is 42.1. The predicted octanol–water partition coefficient (Wildman–Crippen LogP) is 9.19. The molecule has 0 amide bonds. The number of rotatable bonds is 16. The number of hydrogen-bond acceptors (Lipinski definition) is 3. The third-order valence-corrected chi connectivity index (χ3v) is 13.9. The van der Waals surface area contributed by atoms with Gasteiger partial charge in [0.2, 0.25) is 0 Å². The number of benzene rings is 2. The lowest BCUT2D eigenvalue weighted by Crippen LogP contribution is -2.68. The van der Waals surface area contributed by atoms with Crippen molar-refractivity contribution in [3.05, 3.63) is 97.1 Å². The largest absolute Gasteiger partial charge is 0.469 e. The first-order valence-electron chi connectivity index (χ1n) is 16.2. The van der Waals surface area contributed by atoms with Crippen molar-refractivity contribution in [2.45, 2.75) is 103 Å². The van der Waals surface area contributed by atoms with Gasteiger partial charge in [0.05, 0.1) is 13.2 Å². The van der Waals surface area contributed by atoms with Crippen molar-refractivity contribution in [3.8, 4) is 0 Å². The van der Waals surface area contributed by atoms with Crippen molar-refractivity contribution in [2.75, 3.05) is 7.11 Å². The Morgan fingerprint density at radius 2 is 1.59 bits per heavy atom. The van der Waals surface area contributed by atoms with E-state index in [2.05, 4.69) is 88.0 Å². The van der Waals surface area contributed by atoms with E-state index < -0.39 is 14.2 Å². The van der Waals surface area contributed by atoms with Crippen LogP contribution in [0.5, 0.6) is 0 Å². The maximum Gasteiger partial charge on any atom is 0.305 e. The smallest absolute Gasteiger partial charge is 0.305 e. The van der Waals surface area contributed by atoms with E-state index in [1.54, 1.807) is 6.08 Å².